The van der Waals surface area contributed by atoms with E-state index in [0.717, 1.165) is 11.6 Å². The summed E-state index contributed by atoms with van der Waals surface area (Å²) < 4.78 is 14.0. The molecule has 6 heteroatoms. The maximum atomic E-state index is 14.0. The first-order valence-electron chi connectivity index (χ1n) is 10.3. The van der Waals surface area contributed by atoms with E-state index in [9.17, 15) is 14.3 Å². The minimum Gasteiger partial charge on any atom is -0.391 e. The highest BCUT2D eigenvalue weighted by Crippen LogP contribution is 2.18. The van der Waals surface area contributed by atoms with Gasteiger partial charge in [-0.2, -0.15) is 0 Å². The van der Waals surface area contributed by atoms with E-state index in [-0.39, 0.29) is 18.7 Å². The molecule has 4 N–H and O–H groups in total. The summed E-state index contributed by atoms with van der Waals surface area (Å²) in [6.45, 7) is 5.69. The van der Waals surface area contributed by atoms with Gasteiger partial charge in [0.15, 0.2) is 0 Å². The Morgan fingerprint density at radius 3 is 2.71 bits per heavy atom. The van der Waals surface area contributed by atoms with Crippen molar-refractivity contribution >= 4 is 5.91 Å². The number of carbonyl (C=O) groups is 1. The predicted molar refractivity (Wildman–Crippen MR) is 122 cm³/mol. The summed E-state index contributed by atoms with van der Waals surface area (Å²) in [5.74, 6) is -0.732. The van der Waals surface area contributed by atoms with Gasteiger partial charge in [0.05, 0.1) is 17.4 Å². The van der Waals surface area contributed by atoms with E-state index in [2.05, 4.69) is 16.9 Å². The number of hydrogen-bond donors (Lipinski definition) is 3. The summed E-state index contributed by atoms with van der Waals surface area (Å²) >= 11 is 0. The molecule has 1 aromatic heterocycles. The molecule has 1 aromatic carbocycles. The first-order valence-corrected chi connectivity index (χ1v) is 10.3. The number of rotatable bonds is 11. The second-order valence-electron chi connectivity index (χ2n) is 7.21. The fraction of sp³-hybridized carbons (Fsp3) is 0.280. The molecule has 1 amide bonds. The zero-order valence-electron chi connectivity index (χ0n) is 17.8. The van der Waals surface area contributed by atoms with Crippen LogP contribution < -0.4 is 11.1 Å². The maximum absolute atomic E-state index is 14.0. The van der Waals surface area contributed by atoms with Gasteiger partial charge in [-0.3, -0.25) is 9.78 Å². The maximum Gasteiger partial charge on any atom is 0.253 e. The first kappa shape index (κ1) is 24.2. The molecule has 31 heavy (non-hydrogen) atoms. The van der Waals surface area contributed by atoms with Gasteiger partial charge in [0.1, 0.15) is 5.83 Å². The summed E-state index contributed by atoms with van der Waals surface area (Å²) in [7, 11) is 0. The number of aromatic nitrogens is 1. The molecular weight excluding hydrogens is 393 g/mol. The van der Waals surface area contributed by atoms with Crippen molar-refractivity contribution < 1.29 is 14.3 Å². The highest BCUT2D eigenvalue weighted by molar-refractivity contribution is 5.95. The predicted octanol–water partition coefficient (Wildman–Crippen LogP) is 3.66. The summed E-state index contributed by atoms with van der Waals surface area (Å²) in [5.41, 5.74) is 8.45. The van der Waals surface area contributed by atoms with Crippen molar-refractivity contribution in [2.24, 2.45) is 5.73 Å². The number of nitrogens with two attached hydrogens (primary N) is 1. The smallest absolute Gasteiger partial charge is 0.253 e. The van der Waals surface area contributed by atoms with Crippen molar-refractivity contribution in [1.29, 1.82) is 0 Å². The van der Waals surface area contributed by atoms with Crippen LogP contribution in [-0.4, -0.2) is 34.7 Å². The van der Waals surface area contributed by atoms with Gasteiger partial charge < -0.3 is 16.2 Å². The van der Waals surface area contributed by atoms with Crippen molar-refractivity contribution in [2.75, 3.05) is 6.54 Å². The third kappa shape index (κ3) is 7.59. The van der Waals surface area contributed by atoms with Crippen LogP contribution >= 0.6 is 0 Å². The Labute approximate surface area is 183 Å². The van der Waals surface area contributed by atoms with Crippen molar-refractivity contribution in [3.63, 3.8) is 0 Å². The topological polar surface area (TPSA) is 88.2 Å². The number of benzene rings is 1. The fourth-order valence-corrected chi connectivity index (χ4v) is 3.18. The molecule has 0 aliphatic carbocycles. The van der Waals surface area contributed by atoms with E-state index in [1.54, 1.807) is 37.4 Å². The molecule has 0 saturated carbocycles. The number of aliphatic hydroxyl groups is 1. The molecular formula is C25H30FN3O2. The molecule has 2 aromatic rings. The van der Waals surface area contributed by atoms with E-state index in [1.165, 1.54) is 0 Å². The monoisotopic (exact) mass is 423 g/mol. The Balaban J connectivity index is 2.01. The molecule has 5 nitrogen and oxygen atoms in total. The Bertz CT molecular complexity index is 925. The van der Waals surface area contributed by atoms with Crippen LogP contribution in [-0.2, 0) is 12.8 Å². The molecule has 2 rings (SSSR count). The fourth-order valence-electron chi connectivity index (χ4n) is 3.18. The van der Waals surface area contributed by atoms with Gasteiger partial charge in [0, 0.05) is 25.2 Å². The Morgan fingerprint density at radius 1 is 1.29 bits per heavy atom. The van der Waals surface area contributed by atoms with E-state index in [4.69, 9.17) is 5.73 Å². The zero-order valence-corrected chi connectivity index (χ0v) is 17.8. The van der Waals surface area contributed by atoms with Crippen LogP contribution in [0.5, 0.6) is 0 Å². The van der Waals surface area contributed by atoms with Gasteiger partial charge in [-0.1, -0.05) is 49.1 Å². The van der Waals surface area contributed by atoms with E-state index < -0.39 is 18.0 Å². The zero-order chi connectivity index (χ0) is 22.6. The van der Waals surface area contributed by atoms with Crippen molar-refractivity contribution in [3.8, 4) is 0 Å². The van der Waals surface area contributed by atoms with Crippen molar-refractivity contribution in [2.45, 2.75) is 38.3 Å². The largest absolute Gasteiger partial charge is 0.391 e. The molecule has 0 aliphatic heterocycles. The minimum absolute atomic E-state index is 0.0856. The lowest BCUT2D eigenvalue weighted by Gasteiger charge is -2.20. The van der Waals surface area contributed by atoms with Crippen LogP contribution in [0.25, 0.3) is 0 Å². The standard InChI is InChI=1S/C25H30FN3O2/c1-3-9-19(21(26)4-2)16-22(27)24(30)17-23-20(12-8-14-28-23)25(31)29-15-13-18-10-6-5-7-11-18/h3-12,14,22,24,30H,2,13,15-17,27H2,1H3,(H,29,31)/b9-3-,21-19-/t22-,24+/m1/s1. The lowest BCUT2D eigenvalue weighted by atomic mass is 9.96. The summed E-state index contributed by atoms with van der Waals surface area (Å²) in [6.07, 6.45) is 5.93. The van der Waals surface area contributed by atoms with Crippen molar-refractivity contribution in [1.82, 2.24) is 10.3 Å². The average Bonchev–Trinajstić information content (AvgIpc) is 2.79. The molecule has 0 bridgehead atoms. The van der Waals surface area contributed by atoms with Crippen LogP contribution in [0, 0.1) is 0 Å². The first-order chi connectivity index (χ1) is 15.0. The number of nitrogens with one attached hydrogen (secondary N) is 1. The molecule has 164 valence electrons. The molecule has 0 aliphatic rings. The molecule has 0 unspecified atom stereocenters. The third-order valence-electron chi connectivity index (χ3n) is 4.88. The highest BCUT2D eigenvalue weighted by atomic mass is 19.1. The van der Waals surface area contributed by atoms with Crippen LogP contribution in [0.2, 0.25) is 0 Å². The van der Waals surface area contributed by atoms with Crippen LogP contribution in [0.1, 0.15) is 35.0 Å². The number of aliphatic hydroxyl groups excluding tert-OH is 1. The van der Waals surface area contributed by atoms with Crippen LogP contribution in [0.4, 0.5) is 4.39 Å². The molecule has 0 spiro atoms. The molecule has 2 atom stereocenters. The van der Waals surface area contributed by atoms with Gasteiger partial charge >= 0.3 is 0 Å². The minimum atomic E-state index is -0.997. The lowest BCUT2D eigenvalue weighted by molar-refractivity contribution is 0.0950. The summed E-state index contributed by atoms with van der Waals surface area (Å²) in [6, 6.07) is 12.5. The lowest BCUT2D eigenvalue weighted by Crippen LogP contribution is -2.37. The summed E-state index contributed by atoms with van der Waals surface area (Å²) in [4.78, 5) is 16.9. The number of nitrogens with zero attached hydrogens (tertiary/aromatic N) is 1. The molecule has 1 heterocycles. The van der Waals surface area contributed by atoms with E-state index >= 15 is 0 Å². The second-order valence-corrected chi connectivity index (χ2v) is 7.21. The molecule has 0 saturated heterocycles. The second kappa shape index (κ2) is 12.6. The Kier molecular flexibility index (Phi) is 9.81. The van der Waals surface area contributed by atoms with Crippen LogP contribution in [0.3, 0.4) is 0 Å². The van der Waals surface area contributed by atoms with Gasteiger partial charge in [0.25, 0.3) is 5.91 Å². The SMILES string of the molecule is C=C/C(F)=C(\C=C/C)C[C@@H](N)[C@@H](O)Cc1ncccc1C(=O)NCCc1ccccc1. The number of allylic oxidation sites excluding steroid dienone is 4. The van der Waals surface area contributed by atoms with E-state index in [1.807, 2.05) is 30.3 Å². The van der Waals surface area contributed by atoms with Gasteiger partial charge in [-0.05, 0) is 49.1 Å². The van der Waals surface area contributed by atoms with Gasteiger partial charge in [-0.25, -0.2) is 4.39 Å². The quantitative estimate of drug-likeness (QED) is 0.481. The number of amides is 1. The van der Waals surface area contributed by atoms with Gasteiger partial charge in [0.2, 0.25) is 0 Å². The number of carbonyl (C=O) groups excluding carboxylic acids is 1. The highest BCUT2D eigenvalue weighted by Gasteiger charge is 2.21. The van der Waals surface area contributed by atoms with Crippen LogP contribution in [0.15, 0.2) is 84.9 Å². The van der Waals surface area contributed by atoms with E-state index in [0.29, 0.717) is 29.8 Å². The average molecular weight is 424 g/mol. The number of pyridine rings is 1. The summed E-state index contributed by atoms with van der Waals surface area (Å²) in [5, 5.41) is 13.5. The molecule has 0 radical (unpaired) electrons. The van der Waals surface area contributed by atoms with Crippen molar-refractivity contribution in [3.05, 3.63) is 102 Å². The number of halogens is 1. The molecule has 0 fully saturated rings. The van der Waals surface area contributed by atoms with Gasteiger partial charge in [-0.15, -0.1) is 0 Å². The third-order valence-corrected chi connectivity index (χ3v) is 4.88. The number of hydrogen-bond acceptors (Lipinski definition) is 4. The Hall–Kier alpha value is -3.09. The Morgan fingerprint density at radius 2 is 2.03 bits per heavy atom. The normalized spacial score (nSPS) is 14.1.